The summed E-state index contributed by atoms with van der Waals surface area (Å²) in [7, 11) is 0. The first kappa shape index (κ1) is 11.8. The zero-order valence-electron chi connectivity index (χ0n) is 11.3. The molecule has 4 nitrogen and oxygen atoms in total. The van der Waals surface area contributed by atoms with E-state index in [-0.39, 0.29) is 0 Å². The molecule has 0 spiro atoms. The summed E-state index contributed by atoms with van der Waals surface area (Å²) in [6, 6.07) is 0.685. The van der Waals surface area contributed by atoms with Crippen LogP contribution in [0.2, 0.25) is 0 Å². The summed E-state index contributed by atoms with van der Waals surface area (Å²) < 4.78 is 0. The minimum Gasteiger partial charge on any atom is -0.383 e. The molecule has 1 heterocycles. The van der Waals surface area contributed by atoms with E-state index in [2.05, 4.69) is 16.8 Å². The van der Waals surface area contributed by atoms with Crippen molar-refractivity contribution in [3.63, 3.8) is 0 Å². The Morgan fingerprint density at radius 2 is 1.94 bits per heavy atom. The average Bonchev–Trinajstić information content (AvgIpc) is 3.21. The maximum absolute atomic E-state index is 6.06. The Morgan fingerprint density at radius 1 is 1.22 bits per heavy atom. The average molecular weight is 246 g/mol. The molecule has 0 bridgehead atoms. The van der Waals surface area contributed by atoms with Gasteiger partial charge in [-0.2, -0.15) is 0 Å². The Morgan fingerprint density at radius 3 is 2.50 bits per heavy atom. The van der Waals surface area contributed by atoms with Crippen molar-refractivity contribution in [2.75, 3.05) is 17.2 Å². The topological polar surface area (TPSA) is 55.0 Å². The Labute approximate surface area is 109 Å². The van der Waals surface area contributed by atoms with Gasteiger partial charge in [0.05, 0.1) is 0 Å². The zero-order valence-corrected chi connectivity index (χ0v) is 11.3. The van der Waals surface area contributed by atoms with Gasteiger partial charge in [-0.25, -0.2) is 9.97 Å². The molecule has 0 aromatic carbocycles. The van der Waals surface area contributed by atoms with E-state index in [1.807, 2.05) is 6.92 Å². The highest BCUT2D eigenvalue weighted by Crippen LogP contribution is 2.41. The summed E-state index contributed by atoms with van der Waals surface area (Å²) in [6.07, 6.45) is 6.18. The number of hydrogen-bond acceptors (Lipinski definition) is 4. The summed E-state index contributed by atoms with van der Waals surface area (Å²) in [5.74, 6) is 3.29. The van der Waals surface area contributed by atoms with Crippen LogP contribution in [0.1, 0.15) is 56.3 Å². The number of aromatic nitrogens is 2. The molecule has 3 rings (SSSR count). The van der Waals surface area contributed by atoms with Crippen LogP contribution in [0.25, 0.3) is 0 Å². The Balaban J connectivity index is 1.96. The predicted octanol–water partition coefficient (Wildman–Crippen LogP) is 2.62. The van der Waals surface area contributed by atoms with E-state index in [4.69, 9.17) is 10.7 Å². The number of nitrogens with zero attached hydrogens (tertiary/aromatic N) is 3. The number of anilines is 2. The SMILES string of the molecule is CCCN(c1nc(C2CC2)nc(N)c1C)C1CC1. The zero-order chi connectivity index (χ0) is 12.7. The van der Waals surface area contributed by atoms with Gasteiger partial charge in [0.2, 0.25) is 0 Å². The lowest BCUT2D eigenvalue weighted by Crippen LogP contribution is -2.29. The van der Waals surface area contributed by atoms with E-state index in [1.54, 1.807) is 0 Å². The first-order valence-electron chi connectivity index (χ1n) is 7.11. The van der Waals surface area contributed by atoms with E-state index in [1.165, 1.54) is 25.7 Å². The molecule has 2 saturated carbocycles. The first-order valence-corrected chi connectivity index (χ1v) is 7.11. The van der Waals surface area contributed by atoms with E-state index >= 15 is 0 Å². The Bertz CT molecular complexity index is 449. The fourth-order valence-electron chi connectivity index (χ4n) is 2.43. The van der Waals surface area contributed by atoms with Crippen LogP contribution in [0, 0.1) is 6.92 Å². The molecule has 0 aliphatic heterocycles. The van der Waals surface area contributed by atoms with Gasteiger partial charge in [-0.1, -0.05) is 6.92 Å². The molecule has 98 valence electrons. The van der Waals surface area contributed by atoms with Crippen LogP contribution in [-0.4, -0.2) is 22.6 Å². The third-order valence-electron chi connectivity index (χ3n) is 3.84. The highest BCUT2D eigenvalue weighted by Gasteiger charge is 2.33. The summed E-state index contributed by atoms with van der Waals surface area (Å²) >= 11 is 0. The summed E-state index contributed by atoms with van der Waals surface area (Å²) in [6.45, 7) is 5.34. The highest BCUT2D eigenvalue weighted by molar-refractivity contribution is 5.58. The van der Waals surface area contributed by atoms with Gasteiger partial charge in [0.1, 0.15) is 17.5 Å². The molecular formula is C14H22N4. The minimum atomic E-state index is 0.564. The number of nitrogens with two attached hydrogens (primary N) is 1. The molecule has 0 unspecified atom stereocenters. The summed E-state index contributed by atoms with van der Waals surface area (Å²) in [5.41, 5.74) is 7.12. The van der Waals surface area contributed by atoms with Crippen LogP contribution in [0.15, 0.2) is 0 Å². The lowest BCUT2D eigenvalue weighted by Gasteiger charge is -2.25. The summed E-state index contributed by atoms with van der Waals surface area (Å²) in [4.78, 5) is 11.7. The van der Waals surface area contributed by atoms with Crippen LogP contribution in [-0.2, 0) is 0 Å². The van der Waals surface area contributed by atoms with Crippen LogP contribution < -0.4 is 10.6 Å². The van der Waals surface area contributed by atoms with E-state index < -0.39 is 0 Å². The fourth-order valence-corrected chi connectivity index (χ4v) is 2.43. The monoisotopic (exact) mass is 246 g/mol. The molecule has 0 radical (unpaired) electrons. The molecule has 1 aromatic heterocycles. The molecule has 4 heteroatoms. The molecule has 0 amide bonds. The number of hydrogen-bond donors (Lipinski definition) is 1. The van der Waals surface area contributed by atoms with E-state index in [0.29, 0.717) is 17.8 Å². The predicted molar refractivity (Wildman–Crippen MR) is 73.8 cm³/mol. The molecular weight excluding hydrogens is 224 g/mol. The normalized spacial score (nSPS) is 19.0. The highest BCUT2D eigenvalue weighted by atomic mass is 15.2. The molecule has 1 aromatic rings. The maximum atomic E-state index is 6.06. The van der Waals surface area contributed by atoms with Crippen molar-refractivity contribution < 1.29 is 0 Å². The van der Waals surface area contributed by atoms with Crippen molar-refractivity contribution >= 4 is 11.6 Å². The van der Waals surface area contributed by atoms with Crippen LogP contribution in [0.5, 0.6) is 0 Å². The molecule has 0 saturated heterocycles. The van der Waals surface area contributed by atoms with Crippen LogP contribution in [0.3, 0.4) is 0 Å². The standard InChI is InChI=1S/C14H22N4/c1-3-8-18(11-6-7-11)14-9(2)12(15)16-13(17-14)10-4-5-10/h10-11H,3-8H2,1-2H3,(H2,15,16,17). The Hall–Kier alpha value is -1.32. The van der Waals surface area contributed by atoms with Crippen molar-refractivity contribution in [3.05, 3.63) is 11.4 Å². The quantitative estimate of drug-likeness (QED) is 0.867. The summed E-state index contributed by atoms with van der Waals surface area (Å²) in [5, 5.41) is 0. The third-order valence-corrected chi connectivity index (χ3v) is 3.84. The number of rotatable bonds is 5. The van der Waals surface area contributed by atoms with Gasteiger partial charge in [0.25, 0.3) is 0 Å². The van der Waals surface area contributed by atoms with Gasteiger partial charge < -0.3 is 10.6 Å². The first-order chi connectivity index (χ1) is 8.70. The van der Waals surface area contributed by atoms with Crippen molar-refractivity contribution in [3.8, 4) is 0 Å². The largest absolute Gasteiger partial charge is 0.383 e. The van der Waals surface area contributed by atoms with Crippen LogP contribution >= 0.6 is 0 Å². The molecule has 0 atom stereocenters. The Kier molecular flexibility index (Phi) is 2.88. The molecule has 18 heavy (non-hydrogen) atoms. The van der Waals surface area contributed by atoms with Crippen molar-refractivity contribution in [1.82, 2.24) is 9.97 Å². The fraction of sp³-hybridized carbons (Fsp3) is 0.714. The number of nitrogen functional groups attached to an aromatic ring is 1. The van der Waals surface area contributed by atoms with Gasteiger partial charge in [-0.3, -0.25) is 0 Å². The van der Waals surface area contributed by atoms with Crippen molar-refractivity contribution in [1.29, 1.82) is 0 Å². The maximum Gasteiger partial charge on any atom is 0.137 e. The van der Waals surface area contributed by atoms with Gasteiger partial charge in [0, 0.05) is 24.1 Å². The molecule has 2 N–H and O–H groups in total. The van der Waals surface area contributed by atoms with Gasteiger partial charge >= 0.3 is 0 Å². The van der Waals surface area contributed by atoms with Crippen molar-refractivity contribution in [2.45, 2.75) is 57.9 Å². The second-order valence-corrected chi connectivity index (χ2v) is 5.61. The smallest absolute Gasteiger partial charge is 0.137 e. The minimum absolute atomic E-state index is 0.564. The third kappa shape index (κ3) is 2.16. The van der Waals surface area contributed by atoms with Gasteiger partial charge in [-0.15, -0.1) is 0 Å². The lowest BCUT2D eigenvalue weighted by molar-refractivity contribution is 0.738. The van der Waals surface area contributed by atoms with E-state index in [0.717, 1.165) is 30.2 Å². The lowest BCUT2D eigenvalue weighted by atomic mass is 10.2. The molecule has 2 aliphatic carbocycles. The van der Waals surface area contributed by atoms with Crippen molar-refractivity contribution in [2.24, 2.45) is 0 Å². The molecule has 2 fully saturated rings. The van der Waals surface area contributed by atoms with Gasteiger partial charge in [-0.05, 0) is 39.0 Å². The second-order valence-electron chi connectivity index (χ2n) is 5.61. The van der Waals surface area contributed by atoms with Crippen LogP contribution in [0.4, 0.5) is 11.6 Å². The van der Waals surface area contributed by atoms with Gasteiger partial charge in [0.15, 0.2) is 0 Å². The second kappa shape index (κ2) is 4.41. The van der Waals surface area contributed by atoms with E-state index in [9.17, 15) is 0 Å². The molecule has 2 aliphatic rings.